The Bertz CT molecular complexity index is 630. The Hall–Kier alpha value is -1.65. The fourth-order valence-corrected chi connectivity index (χ4v) is 4.16. The van der Waals surface area contributed by atoms with E-state index in [1.165, 1.54) is 6.20 Å². The minimum atomic E-state index is -3.16. The van der Waals surface area contributed by atoms with Crippen LogP contribution in [0.2, 0.25) is 0 Å². The number of hydrogen-bond donors (Lipinski definition) is 1. The van der Waals surface area contributed by atoms with Gasteiger partial charge >= 0.3 is 0 Å². The van der Waals surface area contributed by atoms with E-state index in [2.05, 4.69) is 9.71 Å². The third-order valence-electron chi connectivity index (χ3n) is 3.94. The van der Waals surface area contributed by atoms with Gasteiger partial charge in [0.05, 0.1) is 11.3 Å². The first-order valence-corrected chi connectivity index (χ1v) is 9.70. The van der Waals surface area contributed by atoms with Crippen LogP contribution in [0.3, 0.4) is 0 Å². The third-order valence-corrected chi connectivity index (χ3v) is 5.46. The molecular weight excluding hydrogens is 314 g/mol. The summed E-state index contributed by atoms with van der Waals surface area (Å²) in [4.78, 5) is 4.10. The molecule has 0 aromatic carbocycles. The summed E-state index contributed by atoms with van der Waals surface area (Å²) < 4.78 is 32.4. The molecule has 126 valence electrons. The summed E-state index contributed by atoms with van der Waals surface area (Å²) in [7, 11) is -3.16. The van der Waals surface area contributed by atoms with Gasteiger partial charge in [-0.2, -0.15) is 5.26 Å². The van der Waals surface area contributed by atoms with Crippen LogP contribution in [0, 0.1) is 11.3 Å². The first kappa shape index (κ1) is 17.7. The highest BCUT2D eigenvalue weighted by Gasteiger charge is 2.25. The zero-order chi connectivity index (χ0) is 16.7. The molecule has 1 heterocycles. The Morgan fingerprint density at radius 1 is 1.35 bits per heavy atom. The van der Waals surface area contributed by atoms with E-state index in [1.807, 2.05) is 13.0 Å². The quantitative estimate of drug-likeness (QED) is 0.824. The summed E-state index contributed by atoms with van der Waals surface area (Å²) in [6.45, 7) is 1.98. The molecule has 1 aliphatic rings. The van der Waals surface area contributed by atoms with Gasteiger partial charge in [-0.1, -0.05) is 13.3 Å². The number of nitriles is 1. The number of ether oxygens (including phenoxy) is 1. The molecule has 1 saturated carbocycles. The van der Waals surface area contributed by atoms with Crippen molar-refractivity contribution in [3.63, 3.8) is 0 Å². The van der Waals surface area contributed by atoms with E-state index in [4.69, 9.17) is 10.00 Å². The highest BCUT2D eigenvalue weighted by Crippen LogP contribution is 2.23. The molecule has 0 spiro atoms. The molecule has 23 heavy (non-hydrogen) atoms. The predicted octanol–water partition coefficient (Wildman–Crippen LogP) is 2.36. The lowest BCUT2D eigenvalue weighted by Gasteiger charge is -2.29. The monoisotopic (exact) mass is 337 g/mol. The van der Waals surface area contributed by atoms with E-state index in [0.717, 1.165) is 32.1 Å². The fourth-order valence-electron chi connectivity index (χ4n) is 2.63. The van der Waals surface area contributed by atoms with Crippen molar-refractivity contribution in [2.45, 2.75) is 57.6 Å². The van der Waals surface area contributed by atoms with Crippen LogP contribution in [0.5, 0.6) is 5.88 Å². The van der Waals surface area contributed by atoms with E-state index < -0.39 is 10.0 Å². The predicted molar refractivity (Wildman–Crippen MR) is 87.5 cm³/mol. The molecule has 0 unspecified atom stereocenters. The van der Waals surface area contributed by atoms with Gasteiger partial charge in [0.1, 0.15) is 12.2 Å². The second-order valence-electron chi connectivity index (χ2n) is 5.88. The standard InChI is InChI=1S/C16H23N3O3S/c1-2-3-10-23(20,21)19-14-5-7-15(8-6-14)22-16-9-4-13(11-17)12-18-16/h4,9,12,14-15,19H,2-3,5-8,10H2,1H3. The number of nitrogens with one attached hydrogen (secondary N) is 1. The normalized spacial score (nSPS) is 21.6. The zero-order valence-electron chi connectivity index (χ0n) is 13.4. The maximum atomic E-state index is 11.9. The molecule has 0 amide bonds. The lowest BCUT2D eigenvalue weighted by atomic mass is 9.94. The second-order valence-corrected chi connectivity index (χ2v) is 7.75. The van der Waals surface area contributed by atoms with Crippen LogP contribution in [0.4, 0.5) is 0 Å². The van der Waals surface area contributed by atoms with Gasteiger partial charge in [-0.15, -0.1) is 0 Å². The number of hydrogen-bond acceptors (Lipinski definition) is 5. The van der Waals surface area contributed by atoms with Crippen molar-refractivity contribution in [2.75, 3.05) is 5.75 Å². The Morgan fingerprint density at radius 3 is 2.65 bits per heavy atom. The topological polar surface area (TPSA) is 92.1 Å². The Labute approximate surface area is 137 Å². The van der Waals surface area contributed by atoms with E-state index >= 15 is 0 Å². The molecule has 0 atom stereocenters. The van der Waals surface area contributed by atoms with Crippen molar-refractivity contribution in [1.29, 1.82) is 5.26 Å². The molecule has 1 aliphatic carbocycles. The number of nitrogens with zero attached hydrogens (tertiary/aromatic N) is 2. The molecule has 2 rings (SSSR count). The van der Waals surface area contributed by atoms with E-state index in [9.17, 15) is 8.42 Å². The number of unbranched alkanes of at least 4 members (excludes halogenated alkanes) is 1. The zero-order valence-corrected chi connectivity index (χ0v) is 14.2. The first-order chi connectivity index (χ1) is 11.0. The molecule has 0 saturated heterocycles. The molecule has 1 N–H and O–H groups in total. The van der Waals surface area contributed by atoms with Crippen LogP contribution in [-0.2, 0) is 10.0 Å². The molecule has 1 aromatic rings. The third kappa shape index (κ3) is 5.81. The Balaban J connectivity index is 1.78. The summed E-state index contributed by atoms with van der Waals surface area (Å²) in [5.41, 5.74) is 0.502. The van der Waals surface area contributed by atoms with Crippen LogP contribution in [-0.4, -0.2) is 31.3 Å². The molecule has 0 radical (unpaired) electrons. The van der Waals surface area contributed by atoms with E-state index in [1.54, 1.807) is 12.1 Å². The van der Waals surface area contributed by atoms with Gasteiger partial charge in [-0.05, 0) is 38.2 Å². The highest BCUT2D eigenvalue weighted by molar-refractivity contribution is 7.89. The van der Waals surface area contributed by atoms with Crippen LogP contribution in [0.15, 0.2) is 18.3 Å². The molecule has 6 nitrogen and oxygen atoms in total. The molecule has 1 aromatic heterocycles. The van der Waals surface area contributed by atoms with E-state index in [0.29, 0.717) is 17.9 Å². The average Bonchev–Trinajstić information content (AvgIpc) is 2.55. The number of pyridine rings is 1. The molecule has 0 bridgehead atoms. The lowest BCUT2D eigenvalue weighted by Crippen LogP contribution is -2.40. The lowest BCUT2D eigenvalue weighted by molar-refractivity contribution is 0.138. The number of aromatic nitrogens is 1. The Morgan fingerprint density at radius 2 is 2.09 bits per heavy atom. The summed E-state index contributed by atoms with van der Waals surface area (Å²) in [5, 5.41) is 8.74. The number of sulfonamides is 1. The van der Waals surface area contributed by atoms with Crippen molar-refractivity contribution >= 4 is 10.0 Å². The maximum absolute atomic E-state index is 11.9. The second kappa shape index (κ2) is 8.27. The molecule has 7 heteroatoms. The van der Waals surface area contributed by atoms with Crippen molar-refractivity contribution < 1.29 is 13.2 Å². The number of rotatable bonds is 7. The van der Waals surface area contributed by atoms with E-state index in [-0.39, 0.29) is 17.9 Å². The van der Waals surface area contributed by atoms with Gasteiger partial charge in [0, 0.05) is 18.3 Å². The minimum absolute atomic E-state index is 0.00521. The largest absolute Gasteiger partial charge is 0.474 e. The fraction of sp³-hybridized carbons (Fsp3) is 0.625. The summed E-state index contributed by atoms with van der Waals surface area (Å²) in [5.74, 6) is 0.714. The van der Waals surface area contributed by atoms with Crippen molar-refractivity contribution in [3.8, 4) is 11.9 Å². The summed E-state index contributed by atoms with van der Waals surface area (Å²) in [6.07, 6.45) is 6.23. The van der Waals surface area contributed by atoms with Crippen molar-refractivity contribution in [2.24, 2.45) is 0 Å². The van der Waals surface area contributed by atoms with Gasteiger partial charge in [-0.3, -0.25) is 0 Å². The van der Waals surface area contributed by atoms with Gasteiger partial charge < -0.3 is 4.74 Å². The summed E-state index contributed by atoms with van der Waals surface area (Å²) in [6, 6.07) is 5.39. The van der Waals surface area contributed by atoms with Gasteiger partial charge in [0.25, 0.3) is 0 Å². The van der Waals surface area contributed by atoms with Crippen LogP contribution in [0.25, 0.3) is 0 Å². The molecule has 0 aliphatic heterocycles. The average molecular weight is 337 g/mol. The van der Waals surface area contributed by atoms with Gasteiger partial charge in [0.2, 0.25) is 15.9 Å². The van der Waals surface area contributed by atoms with Crippen LogP contribution >= 0.6 is 0 Å². The highest BCUT2D eigenvalue weighted by atomic mass is 32.2. The van der Waals surface area contributed by atoms with Crippen LogP contribution in [0.1, 0.15) is 51.0 Å². The van der Waals surface area contributed by atoms with Crippen LogP contribution < -0.4 is 9.46 Å². The van der Waals surface area contributed by atoms with Crippen molar-refractivity contribution in [3.05, 3.63) is 23.9 Å². The Kier molecular flexibility index (Phi) is 6.37. The van der Waals surface area contributed by atoms with Gasteiger partial charge in [-0.25, -0.2) is 18.1 Å². The molecular formula is C16H23N3O3S. The van der Waals surface area contributed by atoms with Gasteiger partial charge in [0.15, 0.2) is 0 Å². The molecule has 1 fully saturated rings. The SMILES string of the molecule is CCCCS(=O)(=O)NC1CCC(Oc2ccc(C#N)cn2)CC1. The smallest absolute Gasteiger partial charge is 0.213 e. The minimum Gasteiger partial charge on any atom is -0.474 e. The maximum Gasteiger partial charge on any atom is 0.213 e. The first-order valence-electron chi connectivity index (χ1n) is 8.05. The summed E-state index contributed by atoms with van der Waals surface area (Å²) >= 11 is 0. The van der Waals surface area contributed by atoms with Crippen molar-refractivity contribution in [1.82, 2.24) is 9.71 Å².